The highest BCUT2D eigenvalue weighted by atomic mass is 16.3. The van der Waals surface area contributed by atoms with Gasteiger partial charge in [0, 0.05) is 6.42 Å². The normalized spacial score (nSPS) is 19.7. The number of hydrogen-bond donors (Lipinski definition) is 3. The van der Waals surface area contributed by atoms with Crippen molar-refractivity contribution in [2.75, 3.05) is 19.6 Å². The first-order valence-electron chi connectivity index (χ1n) is 7.03. The quantitative estimate of drug-likeness (QED) is 0.270. The van der Waals surface area contributed by atoms with Crippen molar-refractivity contribution in [2.24, 2.45) is 11.8 Å². The maximum atomic E-state index is 10.9. The summed E-state index contributed by atoms with van der Waals surface area (Å²) in [5.74, 6) is 5.42. The molecule has 18 heavy (non-hydrogen) atoms. The Kier molecular flexibility index (Phi) is 7.23. The van der Waals surface area contributed by atoms with Crippen LogP contribution in [0.25, 0.3) is 0 Å². The summed E-state index contributed by atoms with van der Waals surface area (Å²) in [6.45, 7) is 5.19. The number of unbranched alkanes of at least 4 members (excludes halogenated alkanes) is 2. The standard InChI is InChI=1S/C13H27N3O2/c1-11(17)12-6-9-16(10-7-12)8-4-2-3-5-13(18)15-14/h11-12,17H,2-10,14H2,1H3,(H,15,18). The summed E-state index contributed by atoms with van der Waals surface area (Å²) in [4.78, 5) is 13.4. The Morgan fingerprint density at radius 1 is 1.39 bits per heavy atom. The number of hydrazine groups is 1. The van der Waals surface area contributed by atoms with Crippen LogP contribution in [0.5, 0.6) is 0 Å². The lowest BCUT2D eigenvalue weighted by molar-refractivity contribution is -0.121. The summed E-state index contributed by atoms with van der Waals surface area (Å²) in [5.41, 5.74) is 2.15. The first-order valence-corrected chi connectivity index (χ1v) is 7.03. The van der Waals surface area contributed by atoms with Gasteiger partial charge in [0.25, 0.3) is 0 Å². The van der Waals surface area contributed by atoms with Crippen LogP contribution in [-0.4, -0.2) is 41.7 Å². The van der Waals surface area contributed by atoms with Gasteiger partial charge in [-0.2, -0.15) is 0 Å². The third-order valence-electron chi connectivity index (χ3n) is 3.85. The summed E-state index contributed by atoms with van der Waals surface area (Å²) >= 11 is 0. The number of nitrogens with two attached hydrogens (primary N) is 1. The van der Waals surface area contributed by atoms with E-state index in [4.69, 9.17) is 5.84 Å². The number of hydrogen-bond acceptors (Lipinski definition) is 4. The molecule has 1 heterocycles. The van der Waals surface area contributed by atoms with Crippen molar-refractivity contribution in [3.63, 3.8) is 0 Å². The smallest absolute Gasteiger partial charge is 0.233 e. The van der Waals surface area contributed by atoms with Crippen molar-refractivity contribution in [3.8, 4) is 0 Å². The molecule has 0 bridgehead atoms. The van der Waals surface area contributed by atoms with E-state index in [1.165, 1.54) is 0 Å². The molecule has 1 amide bonds. The van der Waals surface area contributed by atoms with E-state index in [2.05, 4.69) is 10.3 Å². The van der Waals surface area contributed by atoms with Crippen molar-refractivity contribution in [3.05, 3.63) is 0 Å². The molecule has 5 nitrogen and oxygen atoms in total. The molecule has 1 unspecified atom stereocenters. The van der Waals surface area contributed by atoms with E-state index < -0.39 is 0 Å². The number of aliphatic hydroxyl groups is 1. The molecule has 5 heteroatoms. The minimum Gasteiger partial charge on any atom is -0.393 e. The highest BCUT2D eigenvalue weighted by Gasteiger charge is 2.21. The number of likely N-dealkylation sites (tertiary alicyclic amines) is 1. The SMILES string of the molecule is CC(O)C1CCN(CCCCCC(=O)NN)CC1. The maximum absolute atomic E-state index is 10.9. The predicted molar refractivity (Wildman–Crippen MR) is 71.6 cm³/mol. The zero-order valence-electron chi connectivity index (χ0n) is 11.4. The molecule has 0 aromatic carbocycles. The second-order valence-corrected chi connectivity index (χ2v) is 5.30. The Hall–Kier alpha value is -0.650. The average molecular weight is 257 g/mol. The lowest BCUT2D eigenvalue weighted by Crippen LogP contribution is -2.37. The zero-order chi connectivity index (χ0) is 13.4. The molecule has 0 spiro atoms. The van der Waals surface area contributed by atoms with Gasteiger partial charge in [0.05, 0.1) is 6.10 Å². The number of piperidine rings is 1. The molecule has 0 radical (unpaired) electrons. The van der Waals surface area contributed by atoms with Crippen molar-refractivity contribution in [2.45, 2.75) is 51.6 Å². The molecule has 1 fully saturated rings. The van der Waals surface area contributed by atoms with E-state index in [1.54, 1.807) is 0 Å². The number of carbonyl (C=O) groups excluding carboxylic acids is 1. The van der Waals surface area contributed by atoms with Gasteiger partial charge in [-0.3, -0.25) is 10.2 Å². The van der Waals surface area contributed by atoms with E-state index >= 15 is 0 Å². The van der Waals surface area contributed by atoms with E-state index in [-0.39, 0.29) is 12.0 Å². The van der Waals surface area contributed by atoms with Gasteiger partial charge < -0.3 is 10.0 Å². The largest absolute Gasteiger partial charge is 0.393 e. The molecule has 1 saturated heterocycles. The van der Waals surface area contributed by atoms with Crippen LogP contribution in [-0.2, 0) is 4.79 Å². The number of nitrogens with one attached hydrogen (secondary N) is 1. The van der Waals surface area contributed by atoms with Gasteiger partial charge in [0.2, 0.25) is 5.91 Å². The molecule has 1 aliphatic rings. The van der Waals surface area contributed by atoms with Gasteiger partial charge in [-0.05, 0) is 58.2 Å². The number of amides is 1. The molecule has 4 N–H and O–H groups in total. The Balaban J connectivity index is 1.99. The lowest BCUT2D eigenvalue weighted by atomic mass is 9.92. The average Bonchev–Trinajstić information content (AvgIpc) is 2.38. The number of carbonyl (C=O) groups is 1. The highest BCUT2D eigenvalue weighted by Crippen LogP contribution is 2.20. The van der Waals surface area contributed by atoms with Crippen LogP contribution in [0.4, 0.5) is 0 Å². The Morgan fingerprint density at radius 3 is 2.61 bits per heavy atom. The molecule has 106 valence electrons. The second-order valence-electron chi connectivity index (χ2n) is 5.30. The molecule has 0 saturated carbocycles. The Labute approximate surface area is 110 Å². The van der Waals surface area contributed by atoms with Crippen LogP contribution in [0.1, 0.15) is 45.4 Å². The molecule has 0 aromatic heterocycles. The summed E-state index contributed by atoms with van der Waals surface area (Å²) in [7, 11) is 0. The van der Waals surface area contributed by atoms with Crippen LogP contribution in [0, 0.1) is 5.92 Å². The van der Waals surface area contributed by atoms with Gasteiger partial charge >= 0.3 is 0 Å². The van der Waals surface area contributed by atoms with Crippen LogP contribution in [0.3, 0.4) is 0 Å². The summed E-state index contributed by atoms with van der Waals surface area (Å²) in [6, 6.07) is 0. The topological polar surface area (TPSA) is 78.6 Å². The predicted octanol–water partition coefficient (Wildman–Crippen LogP) is 0.630. The molecular formula is C13H27N3O2. The highest BCUT2D eigenvalue weighted by molar-refractivity contribution is 5.74. The van der Waals surface area contributed by atoms with Gasteiger partial charge in [0.15, 0.2) is 0 Å². The van der Waals surface area contributed by atoms with Crippen LogP contribution >= 0.6 is 0 Å². The van der Waals surface area contributed by atoms with Crippen molar-refractivity contribution < 1.29 is 9.90 Å². The van der Waals surface area contributed by atoms with Gasteiger partial charge in [0.1, 0.15) is 0 Å². The molecule has 1 atom stereocenters. The minimum atomic E-state index is -0.165. The first-order chi connectivity index (χ1) is 8.63. The van der Waals surface area contributed by atoms with Crippen molar-refractivity contribution in [1.29, 1.82) is 0 Å². The van der Waals surface area contributed by atoms with Crippen LogP contribution < -0.4 is 11.3 Å². The minimum absolute atomic E-state index is 0.0762. The van der Waals surface area contributed by atoms with Crippen LogP contribution in [0.2, 0.25) is 0 Å². The molecule has 1 rings (SSSR count). The fourth-order valence-corrected chi connectivity index (χ4v) is 2.53. The van der Waals surface area contributed by atoms with E-state index in [0.717, 1.165) is 51.7 Å². The fraction of sp³-hybridized carbons (Fsp3) is 0.923. The summed E-state index contributed by atoms with van der Waals surface area (Å²) in [5, 5.41) is 9.52. The Bertz CT molecular complexity index is 238. The summed E-state index contributed by atoms with van der Waals surface area (Å²) < 4.78 is 0. The lowest BCUT2D eigenvalue weighted by Gasteiger charge is -2.33. The molecule has 1 aliphatic heterocycles. The summed E-state index contributed by atoms with van der Waals surface area (Å²) in [6.07, 6.45) is 5.69. The third kappa shape index (κ3) is 5.80. The van der Waals surface area contributed by atoms with Crippen molar-refractivity contribution in [1.82, 2.24) is 10.3 Å². The van der Waals surface area contributed by atoms with Gasteiger partial charge in [-0.1, -0.05) is 6.42 Å². The van der Waals surface area contributed by atoms with Gasteiger partial charge in [-0.25, -0.2) is 5.84 Å². The number of aliphatic hydroxyl groups excluding tert-OH is 1. The molecular weight excluding hydrogens is 230 g/mol. The number of nitrogens with zero attached hydrogens (tertiary/aromatic N) is 1. The molecule has 0 aromatic rings. The van der Waals surface area contributed by atoms with Crippen molar-refractivity contribution >= 4 is 5.91 Å². The van der Waals surface area contributed by atoms with E-state index in [9.17, 15) is 9.90 Å². The Morgan fingerprint density at radius 2 is 2.06 bits per heavy atom. The molecule has 0 aliphatic carbocycles. The fourth-order valence-electron chi connectivity index (χ4n) is 2.53. The van der Waals surface area contributed by atoms with E-state index in [0.29, 0.717) is 12.3 Å². The van der Waals surface area contributed by atoms with Gasteiger partial charge in [-0.15, -0.1) is 0 Å². The zero-order valence-corrected chi connectivity index (χ0v) is 11.4. The second kappa shape index (κ2) is 8.45. The third-order valence-corrected chi connectivity index (χ3v) is 3.85. The monoisotopic (exact) mass is 257 g/mol. The first kappa shape index (κ1) is 15.4. The number of rotatable bonds is 7. The van der Waals surface area contributed by atoms with Crippen LogP contribution in [0.15, 0.2) is 0 Å². The maximum Gasteiger partial charge on any atom is 0.233 e. The van der Waals surface area contributed by atoms with E-state index in [1.807, 2.05) is 6.92 Å².